The summed E-state index contributed by atoms with van der Waals surface area (Å²) < 4.78 is 29.0. The van der Waals surface area contributed by atoms with Crippen LogP contribution in [0.1, 0.15) is 38.5 Å². The Labute approximate surface area is 227 Å². The molecular weight excluding hydrogens is 532 g/mol. The van der Waals surface area contributed by atoms with E-state index >= 15 is 0 Å². The van der Waals surface area contributed by atoms with Crippen molar-refractivity contribution in [3.8, 4) is 10.4 Å². The Morgan fingerprint density at radius 2 is 1.70 bits per heavy atom. The van der Waals surface area contributed by atoms with Crippen LogP contribution in [-0.4, -0.2) is 86.3 Å². The molecule has 2 atom stereocenters. The Kier molecular flexibility index (Phi) is 8.21. The molecule has 0 spiro atoms. The summed E-state index contributed by atoms with van der Waals surface area (Å²) in [4.78, 5) is 33.1. The van der Waals surface area contributed by atoms with Crippen LogP contribution in [-0.2, 0) is 19.6 Å². The van der Waals surface area contributed by atoms with Crippen molar-refractivity contribution >= 4 is 44.8 Å². The van der Waals surface area contributed by atoms with Crippen LogP contribution < -0.4 is 4.72 Å². The molecule has 2 unspecified atom stereocenters. The van der Waals surface area contributed by atoms with Gasteiger partial charge in [0, 0.05) is 35.6 Å². The van der Waals surface area contributed by atoms with Crippen LogP contribution in [0, 0.1) is 0 Å². The SMILES string of the molecule is O=C1C(NS(=O)(=O)c2ccc(-c3ccc(Cl)cc3)s2)CCCN1CC(=O)N1CCCC1CN1CCCC1. The fourth-order valence-corrected chi connectivity index (χ4v) is 8.23. The van der Waals surface area contributed by atoms with Gasteiger partial charge in [0.15, 0.2) is 0 Å². The van der Waals surface area contributed by atoms with Gasteiger partial charge in [-0.3, -0.25) is 9.59 Å². The van der Waals surface area contributed by atoms with Gasteiger partial charge >= 0.3 is 0 Å². The number of rotatable bonds is 8. The van der Waals surface area contributed by atoms with E-state index in [0.717, 1.165) is 60.8 Å². The standard InChI is InChI=1S/C26H33ClN4O4S2/c27-20-9-7-19(8-10-20)23-11-12-25(36-23)37(34,35)28-22-6-4-15-30(26(22)33)18-24(32)31-16-3-5-21(31)17-29-13-1-2-14-29/h7-12,21-22,28H,1-6,13-18H2. The largest absolute Gasteiger partial charge is 0.337 e. The number of carbonyl (C=O) groups excluding carboxylic acids is 2. The summed E-state index contributed by atoms with van der Waals surface area (Å²) in [6.07, 6.45) is 5.47. The Morgan fingerprint density at radius 3 is 2.46 bits per heavy atom. The van der Waals surface area contributed by atoms with Crippen molar-refractivity contribution in [2.24, 2.45) is 0 Å². The first-order valence-electron chi connectivity index (χ1n) is 13.0. The molecule has 11 heteroatoms. The maximum absolute atomic E-state index is 13.2. The number of piperidine rings is 1. The van der Waals surface area contributed by atoms with Gasteiger partial charge in [-0.05, 0) is 81.4 Å². The van der Waals surface area contributed by atoms with E-state index in [2.05, 4.69) is 9.62 Å². The van der Waals surface area contributed by atoms with Crippen molar-refractivity contribution in [2.45, 2.75) is 54.8 Å². The number of hydrogen-bond donors (Lipinski definition) is 1. The zero-order valence-corrected chi connectivity index (χ0v) is 23.2. The van der Waals surface area contributed by atoms with Crippen molar-refractivity contribution in [1.82, 2.24) is 19.4 Å². The molecule has 3 saturated heterocycles. The monoisotopic (exact) mass is 564 g/mol. The average molecular weight is 565 g/mol. The smallest absolute Gasteiger partial charge is 0.250 e. The second kappa shape index (κ2) is 11.4. The highest BCUT2D eigenvalue weighted by atomic mass is 35.5. The van der Waals surface area contributed by atoms with Crippen molar-refractivity contribution < 1.29 is 18.0 Å². The zero-order valence-electron chi connectivity index (χ0n) is 20.8. The van der Waals surface area contributed by atoms with Gasteiger partial charge in [-0.1, -0.05) is 23.7 Å². The minimum atomic E-state index is -3.88. The first-order valence-corrected chi connectivity index (χ1v) is 15.7. The lowest BCUT2D eigenvalue weighted by Crippen LogP contribution is -2.55. The maximum Gasteiger partial charge on any atom is 0.250 e. The second-order valence-electron chi connectivity index (χ2n) is 10.1. The highest BCUT2D eigenvalue weighted by molar-refractivity contribution is 7.91. The molecule has 200 valence electrons. The Morgan fingerprint density at radius 1 is 0.973 bits per heavy atom. The predicted octanol–water partition coefficient (Wildman–Crippen LogP) is 3.42. The number of hydrogen-bond acceptors (Lipinski definition) is 6. The normalized spacial score (nSPS) is 23.2. The van der Waals surface area contributed by atoms with Crippen LogP contribution in [0.5, 0.6) is 0 Å². The number of carbonyl (C=O) groups is 2. The van der Waals surface area contributed by atoms with Gasteiger partial charge < -0.3 is 14.7 Å². The molecule has 0 aliphatic carbocycles. The Balaban J connectivity index is 1.20. The maximum atomic E-state index is 13.2. The number of amides is 2. The van der Waals surface area contributed by atoms with Crippen LogP contribution in [0.2, 0.25) is 5.02 Å². The molecule has 0 radical (unpaired) electrons. The van der Waals surface area contributed by atoms with Gasteiger partial charge in [0.2, 0.25) is 11.8 Å². The van der Waals surface area contributed by atoms with E-state index in [1.807, 2.05) is 17.0 Å². The summed E-state index contributed by atoms with van der Waals surface area (Å²) in [7, 11) is -3.88. The Bertz CT molecular complexity index is 1230. The first kappa shape index (κ1) is 26.6. The molecule has 1 aromatic carbocycles. The molecule has 1 N–H and O–H groups in total. The van der Waals surface area contributed by atoms with E-state index < -0.39 is 16.1 Å². The van der Waals surface area contributed by atoms with Crippen LogP contribution in [0.4, 0.5) is 0 Å². The van der Waals surface area contributed by atoms with E-state index in [1.54, 1.807) is 24.3 Å². The lowest BCUT2D eigenvalue weighted by molar-refractivity contribution is -0.143. The van der Waals surface area contributed by atoms with Gasteiger partial charge in [0.05, 0.1) is 6.54 Å². The molecular formula is C26H33ClN4O4S2. The summed E-state index contributed by atoms with van der Waals surface area (Å²) in [5.41, 5.74) is 0.874. The third-order valence-corrected chi connectivity index (χ3v) is 10.8. The lowest BCUT2D eigenvalue weighted by Gasteiger charge is -2.34. The van der Waals surface area contributed by atoms with E-state index in [0.29, 0.717) is 24.4 Å². The molecule has 3 fully saturated rings. The minimum absolute atomic E-state index is 0.00722. The average Bonchev–Trinajstić information content (AvgIpc) is 3.65. The zero-order chi connectivity index (χ0) is 26.0. The van der Waals surface area contributed by atoms with Gasteiger partial charge in [0.1, 0.15) is 10.3 Å². The molecule has 4 heterocycles. The number of benzene rings is 1. The molecule has 37 heavy (non-hydrogen) atoms. The molecule has 5 rings (SSSR count). The van der Waals surface area contributed by atoms with Crippen LogP contribution in [0.3, 0.4) is 0 Å². The third kappa shape index (κ3) is 6.20. The summed E-state index contributed by atoms with van der Waals surface area (Å²) in [5, 5.41) is 0.612. The number of nitrogens with one attached hydrogen (secondary N) is 1. The second-order valence-corrected chi connectivity index (χ2v) is 13.6. The minimum Gasteiger partial charge on any atom is -0.337 e. The number of likely N-dealkylation sites (tertiary alicyclic amines) is 3. The molecule has 0 bridgehead atoms. The van der Waals surface area contributed by atoms with E-state index in [9.17, 15) is 18.0 Å². The van der Waals surface area contributed by atoms with Crippen molar-refractivity contribution in [3.05, 3.63) is 41.4 Å². The quantitative estimate of drug-likeness (QED) is 0.530. The van der Waals surface area contributed by atoms with Gasteiger partial charge in [-0.15, -0.1) is 11.3 Å². The molecule has 2 aromatic rings. The fourth-order valence-electron chi connectivity index (χ4n) is 5.56. The lowest BCUT2D eigenvalue weighted by atomic mass is 10.1. The van der Waals surface area contributed by atoms with E-state index in [-0.39, 0.29) is 28.6 Å². The molecule has 0 saturated carbocycles. The van der Waals surface area contributed by atoms with Crippen LogP contribution in [0.25, 0.3) is 10.4 Å². The molecule has 3 aliphatic heterocycles. The van der Waals surface area contributed by atoms with Crippen LogP contribution >= 0.6 is 22.9 Å². The predicted molar refractivity (Wildman–Crippen MR) is 145 cm³/mol. The highest BCUT2D eigenvalue weighted by Crippen LogP contribution is 2.32. The number of nitrogens with zero attached hydrogens (tertiary/aromatic N) is 3. The first-order chi connectivity index (χ1) is 17.8. The van der Waals surface area contributed by atoms with Gasteiger partial charge in [-0.25, -0.2) is 8.42 Å². The Hall–Kier alpha value is -1.98. The molecule has 2 amide bonds. The molecule has 1 aromatic heterocycles. The number of sulfonamides is 1. The topological polar surface area (TPSA) is 90.0 Å². The summed E-state index contributed by atoms with van der Waals surface area (Å²) in [6.45, 7) is 4.29. The third-order valence-electron chi connectivity index (χ3n) is 7.49. The van der Waals surface area contributed by atoms with Crippen molar-refractivity contribution in [3.63, 3.8) is 0 Å². The van der Waals surface area contributed by atoms with Gasteiger partial charge in [-0.2, -0.15) is 4.72 Å². The number of thiophene rings is 1. The molecule has 3 aliphatic rings. The highest BCUT2D eigenvalue weighted by Gasteiger charge is 2.36. The summed E-state index contributed by atoms with van der Waals surface area (Å²) in [5.74, 6) is -0.364. The van der Waals surface area contributed by atoms with Crippen molar-refractivity contribution in [2.75, 3.05) is 39.3 Å². The summed E-state index contributed by atoms with van der Waals surface area (Å²) >= 11 is 7.10. The van der Waals surface area contributed by atoms with Crippen molar-refractivity contribution in [1.29, 1.82) is 0 Å². The number of halogens is 1. The fraction of sp³-hybridized carbons (Fsp3) is 0.538. The molecule has 8 nitrogen and oxygen atoms in total. The van der Waals surface area contributed by atoms with Crippen LogP contribution in [0.15, 0.2) is 40.6 Å². The summed E-state index contributed by atoms with van der Waals surface area (Å²) in [6, 6.07) is 9.85. The van der Waals surface area contributed by atoms with Gasteiger partial charge in [0.25, 0.3) is 10.0 Å². The van der Waals surface area contributed by atoms with E-state index in [4.69, 9.17) is 11.6 Å². The van der Waals surface area contributed by atoms with E-state index in [1.165, 1.54) is 17.7 Å².